The predicted octanol–water partition coefficient (Wildman–Crippen LogP) is 3.07. The summed E-state index contributed by atoms with van der Waals surface area (Å²) in [6.45, 7) is 3.20. The standard InChI is InChI=1S/C22H26N2O3S.C2H2O4/c1-27-19-10-11-22-21(16-19)18(12-15-23-13-6-3-7-14-23)17-24(22)28(25,26)20-8-4-2-5-9-20;3-1(4)2(5)6/h2,4-5,8-11,16-17H,3,6-7,12-15H2,1H3;(H,3,4)(H,5,6). The van der Waals surface area contributed by atoms with Gasteiger partial charge in [0.1, 0.15) is 5.75 Å². The highest BCUT2D eigenvalue weighted by molar-refractivity contribution is 7.90. The third-order valence-corrected chi connectivity index (χ3v) is 7.38. The number of hydrogen-bond acceptors (Lipinski definition) is 6. The number of methoxy groups -OCH3 is 1. The van der Waals surface area contributed by atoms with Gasteiger partial charge < -0.3 is 19.8 Å². The molecule has 2 aromatic carbocycles. The molecule has 1 aliphatic heterocycles. The molecule has 34 heavy (non-hydrogen) atoms. The number of aromatic nitrogens is 1. The van der Waals surface area contributed by atoms with Crippen molar-refractivity contribution in [2.45, 2.75) is 30.6 Å². The first-order valence-electron chi connectivity index (χ1n) is 10.9. The van der Waals surface area contributed by atoms with Crippen molar-refractivity contribution in [3.05, 3.63) is 60.3 Å². The minimum absolute atomic E-state index is 0.297. The Morgan fingerprint density at radius 1 is 0.971 bits per heavy atom. The van der Waals surface area contributed by atoms with E-state index in [9.17, 15) is 8.42 Å². The van der Waals surface area contributed by atoms with Crippen molar-refractivity contribution in [2.24, 2.45) is 0 Å². The van der Waals surface area contributed by atoms with Crippen molar-refractivity contribution in [1.82, 2.24) is 8.87 Å². The van der Waals surface area contributed by atoms with Gasteiger partial charge in [-0.15, -0.1) is 0 Å². The highest BCUT2D eigenvalue weighted by atomic mass is 32.2. The van der Waals surface area contributed by atoms with Crippen LogP contribution in [-0.4, -0.2) is 66.2 Å². The van der Waals surface area contributed by atoms with Crippen LogP contribution in [0.25, 0.3) is 10.9 Å². The summed E-state index contributed by atoms with van der Waals surface area (Å²) in [5, 5.41) is 15.7. The van der Waals surface area contributed by atoms with Crippen molar-refractivity contribution < 1.29 is 33.0 Å². The van der Waals surface area contributed by atoms with E-state index < -0.39 is 22.0 Å². The van der Waals surface area contributed by atoms with Crippen LogP contribution in [0.3, 0.4) is 0 Å². The molecule has 0 bridgehead atoms. The lowest BCUT2D eigenvalue weighted by atomic mass is 10.1. The van der Waals surface area contributed by atoms with Gasteiger partial charge in [0.05, 0.1) is 17.5 Å². The Labute approximate surface area is 198 Å². The minimum Gasteiger partial charge on any atom is -0.497 e. The summed E-state index contributed by atoms with van der Waals surface area (Å²) in [7, 11) is -2.01. The zero-order valence-electron chi connectivity index (χ0n) is 18.9. The van der Waals surface area contributed by atoms with Crippen molar-refractivity contribution in [3.63, 3.8) is 0 Å². The van der Waals surface area contributed by atoms with Gasteiger partial charge in [0.2, 0.25) is 0 Å². The first-order valence-corrected chi connectivity index (χ1v) is 12.3. The SMILES string of the molecule is COc1ccc2c(c1)c(CCN1CCCCC1)cn2S(=O)(=O)c1ccccc1.O=C(O)C(=O)O. The number of hydrogen-bond donors (Lipinski definition) is 2. The van der Waals surface area contributed by atoms with Crippen LogP contribution in [0.4, 0.5) is 0 Å². The molecule has 9 nitrogen and oxygen atoms in total. The number of carboxylic acids is 2. The Hall–Kier alpha value is -3.37. The quantitative estimate of drug-likeness (QED) is 0.507. The number of fused-ring (bicyclic) bond motifs is 1. The number of rotatable bonds is 6. The maximum Gasteiger partial charge on any atom is 0.414 e. The summed E-state index contributed by atoms with van der Waals surface area (Å²) in [6, 6.07) is 14.2. The lowest BCUT2D eigenvalue weighted by Gasteiger charge is -2.26. The Bertz CT molecular complexity index is 1240. The van der Waals surface area contributed by atoms with Crippen molar-refractivity contribution >= 4 is 32.9 Å². The lowest BCUT2D eigenvalue weighted by molar-refractivity contribution is -0.159. The third kappa shape index (κ3) is 5.95. The second-order valence-corrected chi connectivity index (χ2v) is 9.73. The molecular formula is C24H28N2O7S. The number of nitrogens with zero attached hydrogens (tertiary/aromatic N) is 2. The van der Waals surface area contributed by atoms with Crippen LogP contribution in [0.5, 0.6) is 5.75 Å². The maximum absolute atomic E-state index is 13.2. The summed E-state index contributed by atoms with van der Waals surface area (Å²) >= 11 is 0. The van der Waals surface area contributed by atoms with E-state index in [1.54, 1.807) is 37.6 Å². The van der Waals surface area contributed by atoms with Crippen molar-refractivity contribution in [3.8, 4) is 5.75 Å². The van der Waals surface area contributed by atoms with Crippen LogP contribution in [0.2, 0.25) is 0 Å². The molecule has 0 saturated carbocycles. The van der Waals surface area contributed by atoms with E-state index in [4.69, 9.17) is 24.5 Å². The van der Waals surface area contributed by atoms with E-state index in [1.807, 2.05) is 24.3 Å². The molecule has 0 atom stereocenters. The maximum atomic E-state index is 13.2. The van der Waals surface area contributed by atoms with Gasteiger partial charge in [-0.3, -0.25) is 0 Å². The summed E-state index contributed by atoms with van der Waals surface area (Å²) in [4.78, 5) is 21.0. The smallest absolute Gasteiger partial charge is 0.414 e. The molecule has 2 heterocycles. The molecular weight excluding hydrogens is 460 g/mol. The Morgan fingerprint density at radius 3 is 2.21 bits per heavy atom. The second-order valence-electron chi connectivity index (χ2n) is 7.91. The monoisotopic (exact) mass is 488 g/mol. The summed E-state index contributed by atoms with van der Waals surface area (Å²) in [5.74, 6) is -2.91. The largest absolute Gasteiger partial charge is 0.497 e. The van der Waals surface area contributed by atoms with Gasteiger partial charge in [0, 0.05) is 18.1 Å². The van der Waals surface area contributed by atoms with E-state index in [2.05, 4.69) is 4.90 Å². The molecule has 4 rings (SSSR count). The molecule has 0 aliphatic carbocycles. The number of ether oxygens (including phenoxy) is 1. The number of carbonyl (C=O) groups is 2. The number of aliphatic carboxylic acids is 2. The Balaban J connectivity index is 0.000000481. The van der Waals surface area contributed by atoms with Gasteiger partial charge >= 0.3 is 11.9 Å². The lowest BCUT2D eigenvalue weighted by Crippen LogP contribution is -2.31. The number of benzene rings is 2. The van der Waals surface area contributed by atoms with E-state index >= 15 is 0 Å². The van der Waals surface area contributed by atoms with Crippen LogP contribution in [-0.2, 0) is 26.0 Å². The first-order chi connectivity index (χ1) is 16.2. The van der Waals surface area contributed by atoms with Crippen LogP contribution < -0.4 is 4.74 Å². The summed E-state index contributed by atoms with van der Waals surface area (Å²) < 4.78 is 33.3. The molecule has 2 N–H and O–H groups in total. The van der Waals surface area contributed by atoms with E-state index in [-0.39, 0.29) is 0 Å². The van der Waals surface area contributed by atoms with Crippen molar-refractivity contribution in [1.29, 1.82) is 0 Å². The Kier molecular flexibility index (Phi) is 8.30. The molecule has 0 unspecified atom stereocenters. The molecule has 0 spiro atoms. The average molecular weight is 489 g/mol. The predicted molar refractivity (Wildman–Crippen MR) is 127 cm³/mol. The summed E-state index contributed by atoms with van der Waals surface area (Å²) in [5.41, 5.74) is 1.73. The number of likely N-dealkylation sites (tertiary alicyclic amines) is 1. The van der Waals surface area contributed by atoms with Gasteiger partial charge in [-0.2, -0.15) is 0 Å². The molecule has 1 aliphatic rings. The number of piperidine rings is 1. The highest BCUT2D eigenvalue weighted by Crippen LogP contribution is 2.30. The summed E-state index contributed by atoms with van der Waals surface area (Å²) in [6.07, 6.45) is 6.41. The van der Waals surface area contributed by atoms with Gasteiger partial charge in [-0.1, -0.05) is 24.6 Å². The van der Waals surface area contributed by atoms with E-state index in [0.29, 0.717) is 10.4 Å². The number of carboxylic acid groups (broad SMARTS) is 2. The van der Waals surface area contributed by atoms with Crippen LogP contribution in [0, 0.1) is 0 Å². The second kappa shape index (κ2) is 11.2. The Morgan fingerprint density at radius 2 is 1.62 bits per heavy atom. The topological polar surface area (TPSA) is 126 Å². The minimum atomic E-state index is -3.65. The molecule has 182 valence electrons. The molecule has 0 radical (unpaired) electrons. The average Bonchev–Trinajstić information content (AvgIpc) is 3.23. The van der Waals surface area contributed by atoms with Crippen LogP contribution >= 0.6 is 0 Å². The zero-order valence-corrected chi connectivity index (χ0v) is 19.7. The van der Waals surface area contributed by atoms with Gasteiger partial charge in [-0.05, 0) is 68.2 Å². The normalized spacial score (nSPS) is 14.3. The fourth-order valence-corrected chi connectivity index (χ4v) is 5.35. The van der Waals surface area contributed by atoms with Crippen LogP contribution in [0.1, 0.15) is 24.8 Å². The molecule has 1 fully saturated rings. The molecule has 10 heteroatoms. The molecule has 0 amide bonds. The van der Waals surface area contributed by atoms with Crippen molar-refractivity contribution in [2.75, 3.05) is 26.7 Å². The highest BCUT2D eigenvalue weighted by Gasteiger charge is 2.22. The molecule has 3 aromatic rings. The third-order valence-electron chi connectivity index (χ3n) is 5.69. The zero-order chi connectivity index (χ0) is 24.7. The van der Waals surface area contributed by atoms with E-state index in [1.165, 1.54) is 23.2 Å². The first kappa shape index (κ1) is 25.3. The molecule has 1 aromatic heterocycles. The van der Waals surface area contributed by atoms with Gasteiger partial charge in [-0.25, -0.2) is 22.0 Å². The van der Waals surface area contributed by atoms with Gasteiger partial charge in [0.25, 0.3) is 10.0 Å². The fourth-order valence-electron chi connectivity index (χ4n) is 3.94. The van der Waals surface area contributed by atoms with Gasteiger partial charge in [0.15, 0.2) is 0 Å². The van der Waals surface area contributed by atoms with Crippen LogP contribution in [0.15, 0.2) is 59.6 Å². The van der Waals surface area contributed by atoms with E-state index in [0.717, 1.165) is 42.8 Å². The molecule has 1 saturated heterocycles. The fraction of sp³-hybridized carbons (Fsp3) is 0.333.